The number of carboxylic acids is 1. The summed E-state index contributed by atoms with van der Waals surface area (Å²) in [6.07, 6.45) is 2.53. The molecule has 0 atom stereocenters. The van der Waals surface area contributed by atoms with E-state index in [0.717, 1.165) is 0 Å². The molecule has 0 amide bonds. The highest BCUT2D eigenvalue weighted by Gasteiger charge is 2.11. The van der Waals surface area contributed by atoms with Crippen molar-refractivity contribution in [2.45, 2.75) is 0 Å². The van der Waals surface area contributed by atoms with Crippen LogP contribution in [0.2, 0.25) is 0 Å². The summed E-state index contributed by atoms with van der Waals surface area (Å²) in [4.78, 5) is 35.0. The van der Waals surface area contributed by atoms with Crippen LogP contribution in [0.4, 0.5) is 5.69 Å². The maximum Gasteiger partial charge on any atom is 0.347 e. The number of carbonyl (C=O) groups excluding carboxylic acids is 1. The van der Waals surface area contributed by atoms with Crippen molar-refractivity contribution in [2.75, 3.05) is 5.32 Å². The van der Waals surface area contributed by atoms with Gasteiger partial charge >= 0.3 is 11.6 Å². The van der Waals surface area contributed by atoms with Crippen LogP contribution in [0.1, 0.15) is 20.7 Å². The van der Waals surface area contributed by atoms with Gasteiger partial charge in [0.1, 0.15) is 11.1 Å². The Balaban J connectivity index is 1.79. The van der Waals surface area contributed by atoms with Crippen molar-refractivity contribution in [2.24, 2.45) is 0 Å². The quantitative estimate of drug-likeness (QED) is 0.422. The van der Waals surface area contributed by atoms with E-state index in [-0.39, 0.29) is 11.1 Å². The zero-order chi connectivity index (χ0) is 17.8. The number of para-hydroxylation sites is 1. The van der Waals surface area contributed by atoms with E-state index in [0.29, 0.717) is 16.7 Å². The second-order valence-corrected chi connectivity index (χ2v) is 5.21. The molecule has 0 saturated heterocycles. The second-order valence-electron chi connectivity index (χ2n) is 5.21. The van der Waals surface area contributed by atoms with E-state index in [1.165, 1.54) is 30.5 Å². The zero-order valence-electron chi connectivity index (χ0n) is 12.9. The fourth-order valence-corrected chi connectivity index (χ4v) is 2.28. The van der Waals surface area contributed by atoms with Crippen LogP contribution in [-0.4, -0.2) is 16.9 Å². The van der Waals surface area contributed by atoms with E-state index < -0.39 is 17.4 Å². The largest absolute Gasteiger partial charge is 0.478 e. The van der Waals surface area contributed by atoms with Gasteiger partial charge in [-0.1, -0.05) is 24.3 Å². The van der Waals surface area contributed by atoms with Crippen molar-refractivity contribution >= 4 is 28.4 Å². The summed E-state index contributed by atoms with van der Waals surface area (Å²) >= 11 is 0. The molecule has 0 fully saturated rings. The molecule has 25 heavy (non-hydrogen) atoms. The fraction of sp³-hybridized carbons (Fsp3) is 0. The molecule has 2 aromatic carbocycles. The Bertz CT molecular complexity index is 1050. The first-order valence-electron chi connectivity index (χ1n) is 7.38. The Morgan fingerprint density at radius 1 is 1.04 bits per heavy atom. The van der Waals surface area contributed by atoms with Crippen molar-refractivity contribution in [1.29, 1.82) is 0 Å². The summed E-state index contributed by atoms with van der Waals surface area (Å²) < 4.78 is 5.12. The average Bonchev–Trinajstić information content (AvgIpc) is 2.61. The first-order chi connectivity index (χ1) is 12.0. The summed E-state index contributed by atoms with van der Waals surface area (Å²) in [5.74, 6) is -1.56. The normalized spacial score (nSPS) is 10.9. The maximum absolute atomic E-state index is 12.2. The highest BCUT2D eigenvalue weighted by molar-refractivity contribution is 6.05. The Morgan fingerprint density at radius 2 is 1.84 bits per heavy atom. The summed E-state index contributed by atoms with van der Waals surface area (Å²) in [5.41, 5.74) is 0.267. The third-order valence-corrected chi connectivity index (χ3v) is 3.50. The number of hydrogen-bond acceptors (Lipinski definition) is 5. The number of hydrogen-bond donors (Lipinski definition) is 2. The predicted molar refractivity (Wildman–Crippen MR) is 93.0 cm³/mol. The monoisotopic (exact) mass is 335 g/mol. The molecule has 3 rings (SSSR count). The van der Waals surface area contributed by atoms with E-state index in [9.17, 15) is 14.4 Å². The van der Waals surface area contributed by atoms with Gasteiger partial charge in [-0.25, -0.2) is 9.59 Å². The van der Waals surface area contributed by atoms with Crippen molar-refractivity contribution in [3.63, 3.8) is 0 Å². The minimum atomic E-state index is -1.04. The average molecular weight is 335 g/mol. The summed E-state index contributed by atoms with van der Waals surface area (Å²) in [6, 6.07) is 14.5. The number of carboxylic acid groups (broad SMARTS) is 1. The number of anilines is 1. The molecule has 6 nitrogen and oxygen atoms in total. The highest BCUT2D eigenvalue weighted by atomic mass is 16.4. The van der Waals surface area contributed by atoms with Crippen LogP contribution in [0.5, 0.6) is 0 Å². The maximum atomic E-state index is 12.2. The van der Waals surface area contributed by atoms with Gasteiger partial charge in [0, 0.05) is 23.3 Å². The number of ketones is 1. The van der Waals surface area contributed by atoms with Crippen molar-refractivity contribution in [3.8, 4) is 0 Å². The van der Waals surface area contributed by atoms with Gasteiger partial charge in [0.15, 0.2) is 5.78 Å². The first-order valence-corrected chi connectivity index (χ1v) is 7.38. The van der Waals surface area contributed by atoms with Crippen LogP contribution in [0.15, 0.2) is 76.1 Å². The Hall–Kier alpha value is -3.67. The van der Waals surface area contributed by atoms with E-state index >= 15 is 0 Å². The predicted octanol–water partition coefficient (Wildman–Crippen LogP) is 3.30. The molecule has 2 N–H and O–H groups in total. The van der Waals surface area contributed by atoms with Gasteiger partial charge in [0.25, 0.3) is 0 Å². The molecule has 0 saturated carbocycles. The molecule has 0 radical (unpaired) electrons. The molecule has 0 aliphatic rings. The molecular weight excluding hydrogens is 322 g/mol. The molecule has 6 heteroatoms. The molecule has 0 bridgehead atoms. The number of fused-ring (bicyclic) bond motifs is 1. The van der Waals surface area contributed by atoms with Crippen LogP contribution < -0.4 is 10.9 Å². The second kappa shape index (κ2) is 6.84. The zero-order valence-corrected chi connectivity index (χ0v) is 12.9. The van der Waals surface area contributed by atoms with Crippen molar-refractivity contribution in [3.05, 3.63) is 88.4 Å². The standard InChI is InChI=1S/C19H13NO5/c21-16(8-9-20-14-6-3-5-13(10-14)18(22)23)15-11-12-4-1-2-7-17(12)25-19(15)24/h1-11,20H,(H,22,23)/b9-8+. The lowest BCUT2D eigenvalue weighted by atomic mass is 10.1. The van der Waals surface area contributed by atoms with Crippen LogP contribution in [-0.2, 0) is 0 Å². The minimum Gasteiger partial charge on any atom is -0.478 e. The van der Waals surface area contributed by atoms with Gasteiger partial charge < -0.3 is 14.8 Å². The third kappa shape index (κ3) is 3.64. The van der Waals surface area contributed by atoms with Crippen molar-refractivity contribution < 1.29 is 19.1 Å². The smallest absolute Gasteiger partial charge is 0.347 e. The molecule has 124 valence electrons. The number of carbonyl (C=O) groups is 2. The fourth-order valence-electron chi connectivity index (χ4n) is 2.28. The highest BCUT2D eigenvalue weighted by Crippen LogP contribution is 2.13. The van der Waals surface area contributed by atoms with Gasteiger partial charge in [-0.3, -0.25) is 4.79 Å². The molecule has 1 aromatic heterocycles. The van der Waals surface area contributed by atoms with E-state index in [4.69, 9.17) is 9.52 Å². The van der Waals surface area contributed by atoms with Crippen LogP contribution >= 0.6 is 0 Å². The molecule has 3 aromatic rings. The van der Waals surface area contributed by atoms with Gasteiger partial charge in [0.05, 0.1) is 5.56 Å². The van der Waals surface area contributed by atoms with E-state index in [1.807, 2.05) is 0 Å². The number of aromatic carboxylic acids is 1. The number of nitrogens with one attached hydrogen (secondary N) is 1. The van der Waals surface area contributed by atoms with E-state index in [1.54, 1.807) is 36.4 Å². The van der Waals surface area contributed by atoms with Gasteiger partial charge in [-0.05, 0) is 30.3 Å². The number of allylic oxidation sites excluding steroid dienone is 1. The number of rotatable bonds is 5. The lowest BCUT2D eigenvalue weighted by Crippen LogP contribution is -2.12. The molecule has 0 aliphatic heterocycles. The van der Waals surface area contributed by atoms with Crippen molar-refractivity contribution in [1.82, 2.24) is 0 Å². The summed E-state index contributed by atoms with van der Waals surface area (Å²) in [5, 5.41) is 12.4. The lowest BCUT2D eigenvalue weighted by Gasteiger charge is -2.02. The summed E-state index contributed by atoms with van der Waals surface area (Å²) in [6.45, 7) is 0. The Labute approximate surface area is 142 Å². The van der Waals surface area contributed by atoms with Gasteiger partial charge in [-0.15, -0.1) is 0 Å². The molecular formula is C19H13NO5. The van der Waals surface area contributed by atoms with Gasteiger partial charge in [-0.2, -0.15) is 0 Å². The molecule has 0 spiro atoms. The number of benzene rings is 2. The van der Waals surface area contributed by atoms with E-state index in [2.05, 4.69) is 5.32 Å². The molecule has 1 heterocycles. The minimum absolute atomic E-state index is 0.0731. The first kappa shape index (κ1) is 16.2. The lowest BCUT2D eigenvalue weighted by molar-refractivity contribution is 0.0696. The summed E-state index contributed by atoms with van der Waals surface area (Å²) in [7, 11) is 0. The van der Waals surface area contributed by atoms with Crippen LogP contribution in [0, 0.1) is 0 Å². The molecule has 0 unspecified atom stereocenters. The topological polar surface area (TPSA) is 96.6 Å². The Kier molecular flexibility index (Phi) is 4.43. The molecule has 0 aliphatic carbocycles. The van der Waals surface area contributed by atoms with Crippen LogP contribution in [0.3, 0.4) is 0 Å². The SMILES string of the molecule is O=C(O)c1cccc(N/C=C/C(=O)c2cc3ccccc3oc2=O)c1. The van der Waals surface area contributed by atoms with Gasteiger partial charge in [0.2, 0.25) is 0 Å². The Morgan fingerprint density at radius 3 is 2.64 bits per heavy atom. The van der Waals surface area contributed by atoms with Crippen LogP contribution in [0.25, 0.3) is 11.0 Å². The third-order valence-electron chi connectivity index (χ3n) is 3.50.